The third kappa shape index (κ3) is 5.94. The number of halogens is 2. The van der Waals surface area contributed by atoms with E-state index in [1.165, 1.54) is 9.87 Å². The maximum atomic E-state index is 13.1. The van der Waals surface area contributed by atoms with Crippen LogP contribution in [-0.2, 0) is 30.7 Å². The Labute approximate surface area is 211 Å². The van der Waals surface area contributed by atoms with Crippen LogP contribution in [0.3, 0.4) is 0 Å². The average molecular weight is 525 g/mol. The summed E-state index contributed by atoms with van der Waals surface area (Å²) < 4.78 is 33.2. The molecule has 9 heteroatoms. The minimum Gasteiger partial charge on any atom is -0.381 e. The number of hydrogen-bond acceptors (Lipinski definition) is 4. The van der Waals surface area contributed by atoms with E-state index in [0.717, 1.165) is 12.8 Å². The van der Waals surface area contributed by atoms with Gasteiger partial charge in [-0.15, -0.1) is 0 Å². The lowest BCUT2D eigenvalue weighted by Gasteiger charge is -2.38. The van der Waals surface area contributed by atoms with Gasteiger partial charge in [-0.25, -0.2) is 12.7 Å². The van der Waals surface area contributed by atoms with E-state index in [0.29, 0.717) is 54.8 Å². The summed E-state index contributed by atoms with van der Waals surface area (Å²) in [6, 6.07) is 15.0. The Morgan fingerprint density at radius 2 is 1.85 bits per heavy atom. The SMILES string of the molecule is O=C(NCC1(c2ccccc2)CCOCC1)C1CCCN(S(=O)(=O)Cc2ccc(Cl)cc2Cl)C1. The van der Waals surface area contributed by atoms with Gasteiger partial charge in [-0.3, -0.25) is 4.79 Å². The van der Waals surface area contributed by atoms with Gasteiger partial charge in [0.15, 0.2) is 0 Å². The van der Waals surface area contributed by atoms with Crippen molar-refractivity contribution in [2.75, 3.05) is 32.8 Å². The number of amides is 1. The van der Waals surface area contributed by atoms with Crippen molar-refractivity contribution in [1.82, 2.24) is 9.62 Å². The fraction of sp³-hybridized carbons (Fsp3) is 0.480. The summed E-state index contributed by atoms with van der Waals surface area (Å²) in [5, 5.41) is 3.93. The molecule has 0 saturated carbocycles. The molecule has 34 heavy (non-hydrogen) atoms. The van der Waals surface area contributed by atoms with Gasteiger partial charge in [0.2, 0.25) is 15.9 Å². The second-order valence-corrected chi connectivity index (χ2v) is 12.0. The van der Waals surface area contributed by atoms with Gasteiger partial charge >= 0.3 is 0 Å². The third-order valence-electron chi connectivity index (χ3n) is 6.94. The minimum atomic E-state index is -3.62. The lowest BCUT2D eigenvalue weighted by molar-refractivity contribution is -0.126. The normalized spacial score (nSPS) is 21.2. The molecule has 2 aliphatic heterocycles. The second-order valence-electron chi connectivity index (χ2n) is 9.17. The molecule has 2 aliphatic rings. The molecule has 1 unspecified atom stereocenters. The fourth-order valence-corrected chi connectivity index (χ4v) is 7.05. The summed E-state index contributed by atoms with van der Waals surface area (Å²) in [5.74, 6) is -0.683. The van der Waals surface area contributed by atoms with Crippen molar-refractivity contribution in [3.63, 3.8) is 0 Å². The molecule has 2 aromatic carbocycles. The number of nitrogens with one attached hydrogen (secondary N) is 1. The second kappa shape index (κ2) is 11.0. The molecule has 1 amide bonds. The number of carbonyl (C=O) groups excluding carboxylic acids is 1. The van der Waals surface area contributed by atoms with Crippen molar-refractivity contribution in [1.29, 1.82) is 0 Å². The van der Waals surface area contributed by atoms with Crippen LogP contribution in [-0.4, -0.2) is 51.5 Å². The van der Waals surface area contributed by atoms with Gasteiger partial charge in [-0.05, 0) is 48.9 Å². The molecule has 2 aromatic rings. The molecule has 2 heterocycles. The summed E-state index contributed by atoms with van der Waals surface area (Å²) in [6.45, 7) is 2.42. The van der Waals surface area contributed by atoms with E-state index < -0.39 is 10.0 Å². The Kier molecular flexibility index (Phi) is 8.20. The summed E-state index contributed by atoms with van der Waals surface area (Å²) in [7, 11) is -3.62. The molecule has 2 fully saturated rings. The summed E-state index contributed by atoms with van der Waals surface area (Å²) in [6.07, 6.45) is 2.99. The fourth-order valence-electron chi connectivity index (χ4n) is 4.86. The molecule has 0 aliphatic carbocycles. The van der Waals surface area contributed by atoms with Gasteiger partial charge in [0.25, 0.3) is 0 Å². The minimum absolute atomic E-state index is 0.0915. The van der Waals surface area contributed by atoms with E-state index in [1.54, 1.807) is 18.2 Å². The predicted octanol–water partition coefficient (Wildman–Crippen LogP) is 4.40. The lowest BCUT2D eigenvalue weighted by Crippen LogP contribution is -2.49. The number of carbonyl (C=O) groups is 1. The molecule has 6 nitrogen and oxygen atoms in total. The molecule has 0 bridgehead atoms. The highest BCUT2D eigenvalue weighted by atomic mass is 35.5. The summed E-state index contributed by atoms with van der Waals surface area (Å²) in [5.41, 5.74) is 1.54. The van der Waals surface area contributed by atoms with Crippen LogP contribution in [0, 0.1) is 5.92 Å². The van der Waals surface area contributed by atoms with Crippen LogP contribution in [0.25, 0.3) is 0 Å². The number of hydrogen-bond donors (Lipinski definition) is 1. The van der Waals surface area contributed by atoms with E-state index in [2.05, 4.69) is 17.4 Å². The van der Waals surface area contributed by atoms with E-state index in [-0.39, 0.29) is 29.5 Å². The van der Waals surface area contributed by atoms with Gasteiger partial charge in [-0.1, -0.05) is 59.6 Å². The molecule has 4 rings (SSSR count). The third-order valence-corrected chi connectivity index (χ3v) is 9.32. The molecule has 0 spiro atoms. The van der Waals surface area contributed by atoms with Gasteiger partial charge in [0.1, 0.15) is 0 Å². The largest absolute Gasteiger partial charge is 0.381 e. The summed E-state index contributed by atoms with van der Waals surface area (Å²) >= 11 is 12.1. The van der Waals surface area contributed by atoms with Crippen LogP contribution in [0.2, 0.25) is 10.0 Å². The Balaban J connectivity index is 1.41. The zero-order valence-corrected chi connectivity index (χ0v) is 21.3. The smallest absolute Gasteiger partial charge is 0.224 e. The number of ether oxygens (including phenoxy) is 1. The Morgan fingerprint density at radius 1 is 1.12 bits per heavy atom. The van der Waals surface area contributed by atoms with E-state index >= 15 is 0 Å². The van der Waals surface area contributed by atoms with Crippen LogP contribution in [0.15, 0.2) is 48.5 Å². The molecular formula is C25H30Cl2N2O4S. The number of sulfonamides is 1. The zero-order chi connectivity index (χ0) is 24.2. The van der Waals surface area contributed by atoms with Gasteiger partial charge in [0.05, 0.1) is 11.7 Å². The van der Waals surface area contributed by atoms with Gasteiger partial charge in [0, 0.05) is 48.3 Å². The molecule has 1 N–H and O–H groups in total. The maximum absolute atomic E-state index is 13.1. The van der Waals surface area contributed by atoms with E-state index in [9.17, 15) is 13.2 Å². The Bertz CT molecular complexity index is 1110. The van der Waals surface area contributed by atoms with E-state index in [1.807, 2.05) is 18.2 Å². The summed E-state index contributed by atoms with van der Waals surface area (Å²) in [4.78, 5) is 13.1. The van der Waals surface area contributed by atoms with Crippen molar-refractivity contribution < 1.29 is 17.9 Å². The molecular weight excluding hydrogens is 495 g/mol. The molecule has 1 atom stereocenters. The van der Waals surface area contributed by atoms with Crippen LogP contribution in [0.5, 0.6) is 0 Å². The van der Waals surface area contributed by atoms with Crippen LogP contribution in [0.4, 0.5) is 0 Å². The average Bonchev–Trinajstić information content (AvgIpc) is 2.85. The van der Waals surface area contributed by atoms with E-state index in [4.69, 9.17) is 27.9 Å². The van der Waals surface area contributed by atoms with Crippen molar-refractivity contribution in [3.8, 4) is 0 Å². The highest BCUT2D eigenvalue weighted by Crippen LogP contribution is 2.34. The predicted molar refractivity (Wildman–Crippen MR) is 135 cm³/mol. The number of benzene rings is 2. The highest BCUT2D eigenvalue weighted by molar-refractivity contribution is 7.88. The molecule has 0 radical (unpaired) electrons. The van der Waals surface area contributed by atoms with Crippen molar-refractivity contribution >= 4 is 39.1 Å². The maximum Gasteiger partial charge on any atom is 0.224 e. The lowest BCUT2D eigenvalue weighted by atomic mass is 9.74. The van der Waals surface area contributed by atoms with Crippen LogP contribution in [0.1, 0.15) is 36.8 Å². The van der Waals surface area contributed by atoms with Crippen molar-refractivity contribution in [2.24, 2.45) is 5.92 Å². The van der Waals surface area contributed by atoms with Gasteiger partial charge in [-0.2, -0.15) is 0 Å². The monoisotopic (exact) mass is 524 g/mol. The van der Waals surface area contributed by atoms with Crippen LogP contribution < -0.4 is 5.32 Å². The topological polar surface area (TPSA) is 75.7 Å². The zero-order valence-electron chi connectivity index (χ0n) is 19.0. The van der Waals surface area contributed by atoms with Crippen molar-refractivity contribution in [2.45, 2.75) is 36.9 Å². The number of rotatable bonds is 7. The number of nitrogens with zero attached hydrogens (tertiary/aromatic N) is 1. The molecule has 184 valence electrons. The first-order valence-corrected chi connectivity index (χ1v) is 14.0. The Morgan fingerprint density at radius 3 is 2.56 bits per heavy atom. The number of piperidine rings is 1. The van der Waals surface area contributed by atoms with Crippen LogP contribution >= 0.6 is 23.2 Å². The van der Waals surface area contributed by atoms with Crippen molar-refractivity contribution in [3.05, 3.63) is 69.7 Å². The molecule has 0 aromatic heterocycles. The highest BCUT2D eigenvalue weighted by Gasteiger charge is 2.37. The standard InChI is InChI=1S/C25H30Cl2N2O4S/c26-22-9-8-20(23(27)15-22)17-34(31,32)29-12-4-5-19(16-29)24(30)28-18-25(10-13-33-14-11-25)21-6-2-1-3-7-21/h1-3,6-9,15,19H,4-5,10-14,16-18H2,(H,28,30). The van der Waals surface area contributed by atoms with Gasteiger partial charge < -0.3 is 10.1 Å². The first kappa shape index (κ1) is 25.5. The first-order chi connectivity index (χ1) is 16.3. The first-order valence-electron chi connectivity index (χ1n) is 11.6. The quantitative estimate of drug-likeness (QED) is 0.582. The molecule has 2 saturated heterocycles. The Hall–Kier alpha value is -1.64.